The van der Waals surface area contributed by atoms with Crippen LogP contribution in [0.1, 0.15) is 12.8 Å². The number of nitrogens with zero attached hydrogens (tertiary/aromatic N) is 5. The fraction of sp³-hybridized carbons (Fsp3) is 0.692. The molecule has 3 rings (SSSR count). The molecule has 2 aliphatic heterocycles. The average Bonchev–Trinajstić information content (AvgIpc) is 2.88. The molecule has 0 saturated carbocycles. The summed E-state index contributed by atoms with van der Waals surface area (Å²) in [6, 6.07) is 0.147. The van der Waals surface area contributed by atoms with Crippen LogP contribution in [0.3, 0.4) is 0 Å². The minimum absolute atomic E-state index is 0.0522. The van der Waals surface area contributed by atoms with Gasteiger partial charge < -0.3 is 20.4 Å². The van der Waals surface area contributed by atoms with Gasteiger partial charge in [0.15, 0.2) is 0 Å². The Labute approximate surface area is 124 Å². The first-order chi connectivity index (χ1) is 10.1. The van der Waals surface area contributed by atoms with Crippen LogP contribution >= 0.6 is 0 Å². The Hall–Kier alpha value is -2.12. The molecule has 0 radical (unpaired) electrons. The van der Waals surface area contributed by atoms with Gasteiger partial charge in [0.1, 0.15) is 0 Å². The predicted molar refractivity (Wildman–Crippen MR) is 80.6 cm³/mol. The van der Waals surface area contributed by atoms with Gasteiger partial charge in [0, 0.05) is 34.2 Å². The molecular weight excluding hydrogens is 270 g/mol. The lowest BCUT2D eigenvalue weighted by atomic mass is 9.92. The van der Waals surface area contributed by atoms with E-state index in [0.717, 1.165) is 19.4 Å². The Bertz CT molecular complexity index is 547. The molecule has 2 unspecified atom stereocenters. The molecule has 2 N–H and O–H groups in total. The Morgan fingerprint density at radius 1 is 1.33 bits per heavy atom. The van der Waals surface area contributed by atoms with Crippen LogP contribution in [-0.4, -0.2) is 61.1 Å². The number of piperidine rings is 1. The highest BCUT2D eigenvalue weighted by atomic mass is 16.2. The monoisotopic (exact) mass is 291 g/mol. The van der Waals surface area contributed by atoms with Crippen LogP contribution in [0.4, 0.5) is 17.8 Å². The van der Waals surface area contributed by atoms with E-state index in [0.29, 0.717) is 24.4 Å². The van der Waals surface area contributed by atoms with Crippen LogP contribution in [0, 0.1) is 5.92 Å². The fourth-order valence-electron chi connectivity index (χ4n) is 2.99. The number of carbonyl (C=O) groups excluding carboxylic acids is 1. The molecule has 2 saturated heterocycles. The van der Waals surface area contributed by atoms with Crippen molar-refractivity contribution < 1.29 is 4.79 Å². The third kappa shape index (κ3) is 2.45. The van der Waals surface area contributed by atoms with Crippen molar-refractivity contribution >= 4 is 23.8 Å². The summed E-state index contributed by atoms with van der Waals surface area (Å²) in [6.07, 6.45) is 1.92. The molecule has 0 bridgehead atoms. The van der Waals surface area contributed by atoms with E-state index in [1.54, 1.807) is 7.05 Å². The number of aromatic nitrogens is 3. The van der Waals surface area contributed by atoms with E-state index in [2.05, 4.69) is 30.5 Å². The van der Waals surface area contributed by atoms with Gasteiger partial charge in [-0.25, -0.2) is 0 Å². The van der Waals surface area contributed by atoms with E-state index >= 15 is 0 Å². The second kappa shape index (κ2) is 5.34. The second-order valence-corrected chi connectivity index (χ2v) is 5.66. The molecule has 1 aromatic rings. The maximum atomic E-state index is 11.9. The lowest BCUT2D eigenvalue weighted by Crippen LogP contribution is -2.46. The molecule has 3 heterocycles. The van der Waals surface area contributed by atoms with E-state index in [1.165, 1.54) is 0 Å². The lowest BCUT2D eigenvalue weighted by Gasteiger charge is -2.36. The summed E-state index contributed by atoms with van der Waals surface area (Å²) < 4.78 is 0. The van der Waals surface area contributed by atoms with Crippen LogP contribution < -0.4 is 20.4 Å². The molecule has 0 aliphatic carbocycles. The zero-order valence-corrected chi connectivity index (χ0v) is 12.6. The molecule has 8 heteroatoms. The highest BCUT2D eigenvalue weighted by molar-refractivity contribution is 5.83. The number of anilines is 3. The summed E-state index contributed by atoms with van der Waals surface area (Å²) in [5.41, 5.74) is 0. The highest BCUT2D eigenvalue weighted by Crippen LogP contribution is 2.30. The largest absolute Gasteiger partial charge is 0.357 e. The molecule has 2 atom stereocenters. The topological polar surface area (TPSA) is 86.3 Å². The lowest BCUT2D eigenvalue weighted by molar-refractivity contribution is -0.123. The van der Waals surface area contributed by atoms with Crippen molar-refractivity contribution in [3.8, 4) is 0 Å². The summed E-state index contributed by atoms with van der Waals surface area (Å²) in [6.45, 7) is 1.54. The molecule has 2 fully saturated rings. The van der Waals surface area contributed by atoms with Crippen molar-refractivity contribution in [1.82, 2.24) is 20.3 Å². The summed E-state index contributed by atoms with van der Waals surface area (Å²) in [4.78, 5) is 29.2. The summed E-state index contributed by atoms with van der Waals surface area (Å²) >= 11 is 0. The van der Waals surface area contributed by atoms with Crippen molar-refractivity contribution in [1.29, 1.82) is 0 Å². The Balaban J connectivity index is 1.95. The van der Waals surface area contributed by atoms with Gasteiger partial charge in [0.25, 0.3) is 0 Å². The minimum Gasteiger partial charge on any atom is -0.357 e. The molecular formula is C13H21N7O. The molecule has 1 amide bonds. The summed E-state index contributed by atoms with van der Waals surface area (Å²) in [5, 5.41) is 5.92. The number of hydrogen-bond acceptors (Lipinski definition) is 7. The second-order valence-electron chi connectivity index (χ2n) is 5.66. The Morgan fingerprint density at radius 2 is 2.14 bits per heavy atom. The van der Waals surface area contributed by atoms with Crippen molar-refractivity contribution in [2.45, 2.75) is 18.9 Å². The van der Waals surface area contributed by atoms with Crippen LogP contribution in [0.15, 0.2) is 0 Å². The highest BCUT2D eigenvalue weighted by Gasteiger charge is 2.41. The van der Waals surface area contributed by atoms with Gasteiger partial charge in [0.05, 0.1) is 12.0 Å². The number of amides is 1. The van der Waals surface area contributed by atoms with E-state index in [1.807, 2.05) is 19.0 Å². The van der Waals surface area contributed by atoms with E-state index in [9.17, 15) is 4.79 Å². The van der Waals surface area contributed by atoms with E-state index in [-0.39, 0.29) is 17.9 Å². The summed E-state index contributed by atoms with van der Waals surface area (Å²) in [7, 11) is 5.59. The van der Waals surface area contributed by atoms with Gasteiger partial charge in [-0.2, -0.15) is 15.0 Å². The Morgan fingerprint density at radius 3 is 2.86 bits per heavy atom. The smallest absolute Gasteiger partial charge is 0.232 e. The van der Waals surface area contributed by atoms with Crippen LogP contribution in [0.25, 0.3) is 0 Å². The standard InChI is InChI=1S/C13H21N7O/c1-14-11-16-12(19(2)3)18-13(17-11)20-6-4-5-8-9(20)7-15-10(8)21/h8-9H,4-7H2,1-3H3,(H,15,21)(H,14,16,17,18). The normalized spacial score (nSPS) is 24.5. The van der Waals surface area contributed by atoms with Gasteiger partial charge in [0.2, 0.25) is 23.8 Å². The van der Waals surface area contributed by atoms with Gasteiger partial charge in [-0.1, -0.05) is 0 Å². The molecule has 114 valence electrons. The fourth-order valence-corrected chi connectivity index (χ4v) is 2.99. The van der Waals surface area contributed by atoms with Crippen molar-refractivity contribution in [3.05, 3.63) is 0 Å². The van der Waals surface area contributed by atoms with Crippen molar-refractivity contribution in [2.24, 2.45) is 5.92 Å². The summed E-state index contributed by atoms with van der Waals surface area (Å²) in [5.74, 6) is 2.01. The zero-order chi connectivity index (χ0) is 15.0. The maximum absolute atomic E-state index is 11.9. The van der Waals surface area contributed by atoms with Gasteiger partial charge in [-0.15, -0.1) is 0 Å². The van der Waals surface area contributed by atoms with Crippen LogP contribution in [0.5, 0.6) is 0 Å². The van der Waals surface area contributed by atoms with Crippen molar-refractivity contribution in [2.75, 3.05) is 49.3 Å². The van der Waals surface area contributed by atoms with Crippen LogP contribution in [0.2, 0.25) is 0 Å². The number of nitrogens with one attached hydrogen (secondary N) is 2. The number of hydrogen-bond donors (Lipinski definition) is 2. The minimum atomic E-state index is 0.0522. The molecule has 2 aliphatic rings. The first kappa shape index (κ1) is 13.8. The van der Waals surface area contributed by atoms with Gasteiger partial charge >= 0.3 is 0 Å². The van der Waals surface area contributed by atoms with Gasteiger partial charge in [-0.3, -0.25) is 4.79 Å². The Kier molecular flexibility index (Phi) is 3.52. The molecule has 1 aromatic heterocycles. The van der Waals surface area contributed by atoms with Gasteiger partial charge in [-0.05, 0) is 12.8 Å². The SMILES string of the molecule is CNc1nc(N(C)C)nc(N2CCCC3C(=O)NCC32)n1. The molecule has 21 heavy (non-hydrogen) atoms. The average molecular weight is 291 g/mol. The van der Waals surface area contributed by atoms with Crippen molar-refractivity contribution in [3.63, 3.8) is 0 Å². The third-order valence-electron chi connectivity index (χ3n) is 4.09. The molecule has 0 spiro atoms. The first-order valence-corrected chi connectivity index (χ1v) is 7.25. The first-order valence-electron chi connectivity index (χ1n) is 7.25. The zero-order valence-electron chi connectivity index (χ0n) is 12.6. The van der Waals surface area contributed by atoms with E-state index < -0.39 is 0 Å². The third-order valence-corrected chi connectivity index (χ3v) is 4.09. The number of carbonyl (C=O) groups is 1. The maximum Gasteiger partial charge on any atom is 0.232 e. The van der Waals surface area contributed by atoms with Crippen LogP contribution in [-0.2, 0) is 4.79 Å². The number of fused-ring (bicyclic) bond motifs is 1. The predicted octanol–water partition coefficient (Wildman–Crippen LogP) is -0.306. The number of rotatable bonds is 3. The molecule has 8 nitrogen and oxygen atoms in total. The van der Waals surface area contributed by atoms with E-state index in [4.69, 9.17) is 0 Å². The molecule has 0 aromatic carbocycles. The quantitative estimate of drug-likeness (QED) is 0.790.